The van der Waals surface area contributed by atoms with Crippen LogP contribution in [-0.4, -0.2) is 25.7 Å². The molecule has 0 aromatic rings. The Morgan fingerprint density at radius 3 is 1.94 bits per heavy atom. The number of allylic oxidation sites excluding steroid dienone is 1. The number of hydrogen-bond acceptors (Lipinski definition) is 2. The summed E-state index contributed by atoms with van der Waals surface area (Å²) in [5.41, 5.74) is 0. The molecular formula is C8H18O6P2. The van der Waals surface area contributed by atoms with Crippen LogP contribution >= 0.6 is 15.2 Å². The van der Waals surface area contributed by atoms with Gasteiger partial charge in [-0.2, -0.15) is 0 Å². The first-order chi connectivity index (χ1) is 7.21. The Morgan fingerprint density at radius 2 is 1.44 bits per heavy atom. The Morgan fingerprint density at radius 1 is 0.875 bits per heavy atom. The van der Waals surface area contributed by atoms with Crippen LogP contribution in [-0.2, 0) is 9.13 Å². The van der Waals surface area contributed by atoms with Crippen molar-refractivity contribution in [1.82, 2.24) is 0 Å². The largest absolute Gasteiger partial charge is 0.348 e. The van der Waals surface area contributed by atoms with Gasteiger partial charge in [0.25, 0.3) is 0 Å². The molecule has 0 fully saturated rings. The predicted molar refractivity (Wildman–Crippen MR) is 61.2 cm³/mol. The smallest absolute Gasteiger partial charge is 0.324 e. The maximum atomic E-state index is 10.5. The van der Waals surface area contributed by atoms with Gasteiger partial charge in [-0.3, -0.25) is 9.13 Å². The maximum Gasteiger partial charge on any atom is 0.348 e. The van der Waals surface area contributed by atoms with Crippen molar-refractivity contribution < 1.29 is 28.7 Å². The van der Waals surface area contributed by atoms with Gasteiger partial charge in [0.05, 0.1) is 0 Å². The van der Waals surface area contributed by atoms with Crippen LogP contribution in [0, 0.1) is 0 Å². The molecular weight excluding hydrogens is 254 g/mol. The first-order valence-corrected chi connectivity index (χ1v) is 8.46. The zero-order valence-corrected chi connectivity index (χ0v) is 10.7. The van der Waals surface area contributed by atoms with Crippen LogP contribution in [0.15, 0.2) is 11.9 Å². The number of unbranched alkanes of at least 4 members (excludes halogenated alkanes) is 4. The fraction of sp³-hybridized carbons (Fsp3) is 0.750. The molecule has 16 heavy (non-hydrogen) atoms. The second-order valence-corrected chi connectivity index (χ2v) is 6.82. The SMILES string of the molecule is O=P(O)(O)C=CCCCCCCP(=O)(O)O. The summed E-state index contributed by atoms with van der Waals surface area (Å²) in [4.78, 5) is 34.1. The second-order valence-electron chi connectivity index (χ2n) is 3.57. The molecule has 4 N–H and O–H groups in total. The standard InChI is InChI=1S/C8H18O6P2/c9-15(10,11)7-5-3-1-2-4-6-8-16(12,13)14/h5,7H,1-4,6,8H2,(H2,9,10,11)(H2,12,13,14). The van der Waals surface area contributed by atoms with Crippen molar-refractivity contribution >= 4 is 15.2 Å². The van der Waals surface area contributed by atoms with E-state index >= 15 is 0 Å². The van der Waals surface area contributed by atoms with Gasteiger partial charge in [-0.15, -0.1) is 0 Å². The average Bonchev–Trinajstić information content (AvgIpc) is 2.06. The minimum Gasteiger partial charge on any atom is -0.324 e. The predicted octanol–water partition coefficient (Wildman–Crippen LogP) is 1.81. The minimum atomic E-state index is -4.03. The van der Waals surface area contributed by atoms with Crippen molar-refractivity contribution in [1.29, 1.82) is 0 Å². The highest BCUT2D eigenvalue weighted by Crippen LogP contribution is 2.36. The van der Waals surface area contributed by atoms with Gasteiger partial charge >= 0.3 is 15.2 Å². The Kier molecular flexibility index (Phi) is 7.40. The van der Waals surface area contributed by atoms with E-state index in [9.17, 15) is 9.13 Å². The average molecular weight is 272 g/mol. The van der Waals surface area contributed by atoms with E-state index in [1.807, 2.05) is 0 Å². The van der Waals surface area contributed by atoms with Crippen molar-refractivity contribution in [3.05, 3.63) is 11.9 Å². The molecule has 0 aromatic heterocycles. The second kappa shape index (κ2) is 7.38. The monoisotopic (exact) mass is 272 g/mol. The zero-order chi connectivity index (χ0) is 12.7. The zero-order valence-electron chi connectivity index (χ0n) is 8.90. The molecule has 0 amide bonds. The summed E-state index contributed by atoms with van der Waals surface area (Å²) in [6, 6.07) is 0. The molecule has 0 saturated carbocycles. The maximum absolute atomic E-state index is 10.5. The number of hydrogen-bond donors (Lipinski definition) is 4. The fourth-order valence-electron chi connectivity index (χ4n) is 1.15. The molecule has 0 unspecified atom stereocenters. The number of rotatable bonds is 8. The van der Waals surface area contributed by atoms with E-state index in [1.165, 1.54) is 6.08 Å². The van der Waals surface area contributed by atoms with Crippen molar-refractivity contribution in [2.75, 3.05) is 6.16 Å². The van der Waals surface area contributed by atoms with Gasteiger partial charge in [0.2, 0.25) is 0 Å². The molecule has 0 aliphatic heterocycles. The van der Waals surface area contributed by atoms with Crippen molar-refractivity contribution in [2.24, 2.45) is 0 Å². The summed E-state index contributed by atoms with van der Waals surface area (Å²) >= 11 is 0. The summed E-state index contributed by atoms with van der Waals surface area (Å²) in [6.45, 7) is 0. The van der Waals surface area contributed by atoms with Crippen LogP contribution in [0.5, 0.6) is 0 Å². The van der Waals surface area contributed by atoms with E-state index in [1.54, 1.807) is 0 Å². The van der Waals surface area contributed by atoms with E-state index in [0.29, 0.717) is 12.8 Å². The fourth-order valence-corrected chi connectivity index (χ4v) is 2.20. The van der Waals surface area contributed by atoms with Gasteiger partial charge in [-0.25, -0.2) is 0 Å². The van der Waals surface area contributed by atoms with Crippen LogP contribution in [0.1, 0.15) is 32.1 Å². The third kappa shape index (κ3) is 14.0. The van der Waals surface area contributed by atoms with Crippen molar-refractivity contribution in [3.8, 4) is 0 Å². The first kappa shape index (κ1) is 16.0. The molecule has 0 heterocycles. The lowest BCUT2D eigenvalue weighted by Crippen LogP contribution is -1.87. The molecule has 0 saturated heterocycles. The van der Waals surface area contributed by atoms with E-state index in [0.717, 1.165) is 25.1 Å². The van der Waals surface area contributed by atoms with Crippen LogP contribution < -0.4 is 0 Å². The summed E-state index contributed by atoms with van der Waals surface area (Å²) in [7, 11) is -7.90. The lowest BCUT2D eigenvalue weighted by atomic mass is 10.1. The van der Waals surface area contributed by atoms with Gasteiger partial charge < -0.3 is 19.6 Å². The molecule has 96 valence electrons. The van der Waals surface area contributed by atoms with E-state index in [-0.39, 0.29) is 6.16 Å². The molecule has 6 nitrogen and oxygen atoms in total. The molecule has 0 atom stereocenters. The van der Waals surface area contributed by atoms with Crippen LogP contribution in [0.2, 0.25) is 0 Å². The lowest BCUT2D eigenvalue weighted by Gasteiger charge is -2.02. The molecule has 0 spiro atoms. The van der Waals surface area contributed by atoms with Gasteiger partial charge in [0, 0.05) is 12.0 Å². The van der Waals surface area contributed by atoms with Gasteiger partial charge in [0.1, 0.15) is 0 Å². The molecule has 8 heteroatoms. The van der Waals surface area contributed by atoms with E-state index in [4.69, 9.17) is 19.6 Å². The van der Waals surface area contributed by atoms with Crippen LogP contribution in [0.4, 0.5) is 0 Å². The summed E-state index contributed by atoms with van der Waals surface area (Å²) < 4.78 is 20.9. The Hall–Kier alpha value is 0.0400. The molecule has 0 aromatic carbocycles. The lowest BCUT2D eigenvalue weighted by molar-refractivity contribution is 0.370. The van der Waals surface area contributed by atoms with Crippen molar-refractivity contribution in [2.45, 2.75) is 32.1 Å². The Bertz CT molecular complexity index is 302. The van der Waals surface area contributed by atoms with Gasteiger partial charge in [0.15, 0.2) is 0 Å². The van der Waals surface area contributed by atoms with Crippen molar-refractivity contribution in [3.63, 3.8) is 0 Å². The van der Waals surface area contributed by atoms with Gasteiger partial charge in [-0.1, -0.05) is 18.9 Å². The topological polar surface area (TPSA) is 115 Å². The highest BCUT2D eigenvalue weighted by atomic mass is 31.2. The third-order valence-electron chi connectivity index (χ3n) is 1.87. The van der Waals surface area contributed by atoms with Crippen LogP contribution in [0.25, 0.3) is 0 Å². The Labute approximate surface area is 94.7 Å². The van der Waals surface area contributed by atoms with Crippen LogP contribution in [0.3, 0.4) is 0 Å². The normalized spacial score (nSPS) is 13.5. The molecule has 0 aliphatic rings. The summed E-state index contributed by atoms with van der Waals surface area (Å²) in [5, 5.41) is 0. The summed E-state index contributed by atoms with van der Waals surface area (Å²) in [6.07, 6.45) is 4.67. The summed E-state index contributed by atoms with van der Waals surface area (Å²) in [5.74, 6) is 0.878. The quantitative estimate of drug-likeness (QED) is 0.395. The first-order valence-electron chi connectivity index (χ1n) is 4.98. The third-order valence-corrected chi connectivity index (χ3v) is 3.37. The molecule has 0 bridgehead atoms. The molecule has 0 radical (unpaired) electrons. The van der Waals surface area contributed by atoms with E-state index < -0.39 is 15.2 Å². The highest BCUT2D eigenvalue weighted by Gasteiger charge is 2.10. The Balaban J connectivity index is 3.39. The van der Waals surface area contributed by atoms with E-state index in [2.05, 4.69) is 0 Å². The highest BCUT2D eigenvalue weighted by molar-refractivity contribution is 7.55. The molecule has 0 rings (SSSR count). The van der Waals surface area contributed by atoms with Gasteiger partial charge in [-0.05, 0) is 19.3 Å². The minimum absolute atomic E-state index is 0.0919. The molecule has 0 aliphatic carbocycles.